The maximum Gasteiger partial charge on any atom is 0.0438 e. The fraction of sp³-hybridized carbons (Fsp3) is 0.500. The molecule has 1 aromatic carbocycles. The van der Waals surface area contributed by atoms with E-state index in [2.05, 4.69) is 6.07 Å². The lowest BCUT2D eigenvalue weighted by molar-refractivity contribution is 0.726. The molecule has 1 saturated carbocycles. The van der Waals surface area contributed by atoms with E-state index in [1.165, 1.54) is 30.4 Å². The monoisotopic (exact) mass is 209 g/mol. The largest absolute Gasteiger partial charge is 0.326 e. The maximum atomic E-state index is 6.12. The molecule has 0 spiro atoms. The van der Waals surface area contributed by atoms with Gasteiger partial charge in [0, 0.05) is 11.6 Å². The van der Waals surface area contributed by atoms with Crippen molar-refractivity contribution >= 4 is 11.6 Å². The highest BCUT2D eigenvalue weighted by Crippen LogP contribution is 2.34. The summed E-state index contributed by atoms with van der Waals surface area (Å²) in [6.07, 6.45) is 5.22. The Morgan fingerprint density at radius 1 is 1.36 bits per heavy atom. The predicted molar refractivity (Wildman–Crippen MR) is 60.4 cm³/mol. The van der Waals surface area contributed by atoms with Gasteiger partial charge in [-0.3, -0.25) is 0 Å². The molecule has 0 heterocycles. The first kappa shape index (κ1) is 10.0. The molecule has 1 aromatic rings. The van der Waals surface area contributed by atoms with Crippen LogP contribution in [0.15, 0.2) is 18.2 Å². The number of hydrogen-bond acceptors (Lipinski definition) is 1. The van der Waals surface area contributed by atoms with Gasteiger partial charge in [-0.1, -0.05) is 36.6 Å². The van der Waals surface area contributed by atoms with Crippen molar-refractivity contribution in [3.63, 3.8) is 0 Å². The highest BCUT2D eigenvalue weighted by Gasteiger charge is 2.20. The molecule has 0 saturated heterocycles. The Balaban J connectivity index is 2.04. The molecular weight excluding hydrogens is 194 g/mol. The van der Waals surface area contributed by atoms with Gasteiger partial charge in [0.05, 0.1) is 0 Å². The van der Waals surface area contributed by atoms with Gasteiger partial charge in [0.25, 0.3) is 0 Å². The fourth-order valence-electron chi connectivity index (χ4n) is 1.71. The van der Waals surface area contributed by atoms with Gasteiger partial charge in [-0.05, 0) is 36.0 Å². The van der Waals surface area contributed by atoms with Crippen LogP contribution >= 0.6 is 11.6 Å². The predicted octanol–water partition coefficient (Wildman–Crippen LogP) is 3.14. The summed E-state index contributed by atoms with van der Waals surface area (Å²) in [7, 11) is 0. The third kappa shape index (κ3) is 2.49. The summed E-state index contributed by atoms with van der Waals surface area (Å²) in [6.45, 7) is 0.605. The van der Waals surface area contributed by atoms with E-state index in [0.29, 0.717) is 6.54 Å². The molecule has 0 bridgehead atoms. The van der Waals surface area contributed by atoms with Crippen molar-refractivity contribution in [2.45, 2.75) is 32.2 Å². The van der Waals surface area contributed by atoms with Crippen LogP contribution in [0.2, 0.25) is 5.02 Å². The number of hydrogen-bond donors (Lipinski definition) is 1. The molecule has 0 amide bonds. The van der Waals surface area contributed by atoms with Crippen LogP contribution in [-0.2, 0) is 13.0 Å². The van der Waals surface area contributed by atoms with Crippen molar-refractivity contribution < 1.29 is 0 Å². The van der Waals surface area contributed by atoms with E-state index in [4.69, 9.17) is 17.3 Å². The Morgan fingerprint density at radius 3 is 2.79 bits per heavy atom. The first-order valence-electron chi connectivity index (χ1n) is 5.27. The summed E-state index contributed by atoms with van der Waals surface area (Å²) in [5.74, 6) is 0.965. The number of rotatable bonds is 4. The van der Waals surface area contributed by atoms with E-state index >= 15 is 0 Å². The van der Waals surface area contributed by atoms with Crippen LogP contribution in [0.3, 0.4) is 0 Å². The topological polar surface area (TPSA) is 26.0 Å². The van der Waals surface area contributed by atoms with Gasteiger partial charge in [0.15, 0.2) is 0 Å². The summed E-state index contributed by atoms with van der Waals surface area (Å²) < 4.78 is 0. The van der Waals surface area contributed by atoms with Gasteiger partial charge in [0.1, 0.15) is 0 Å². The van der Waals surface area contributed by atoms with Crippen LogP contribution in [0.25, 0.3) is 0 Å². The van der Waals surface area contributed by atoms with Gasteiger partial charge in [0.2, 0.25) is 0 Å². The highest BCUT2D eigenvalue weighted by atomic mass is 35.5. The van der Waals surface area contributed by atoms with E-state index in [9.17, 15) is 0 Å². The molecule has 2 N–H and O–H groups in total. The van der Waals surface area contributed by atoms with E-state index < -0.39 is 0 Å². The lowest BCUT2D eigenvalue weighted by Gasteiger charge is -2.05. The molecule has 0 aromatic heterocycles. The minimum atomic E-state index is 0.605. The van der Waals surface area contributed by atoms with Crippen LogP contribution in [0, 0.1) is 5.92 Å². The zero-order valence-electron chi connectivity index (χ0n) is 8.30. The molecule has 0 atom stereocenters. The zero-order valence-corrected chi connectivity index (χ0v) is 9.06. The molecule has 2 heteroatoms. The van der Waals surface area contributed by atoms with E-state index in [0.717, 1.165) is 17.4 Å². The van der Waals surface area contributed by atoms with Crippen molar-refractivity contribution in [3.05, 3.63) is 34.3 Å². The molecule has 0 unspecified atom stereocenters. The van der Waals surface area contributed by atoms with Crippen LogP contribution < -0.4 is 5.73 Å². The Morgan fingerprint density at radius 2 is 2.14 bits per heavy atom. The molecule has 1 aliphatic rings. The second-order valence-corrected chi connectivity index (χ2v) is 4.52. The average Bonchev–Trinajstić information content (AvgIpc) is 3.00. The minimum Gasteiger partial charge on any atom is -0.326 e. The SMILES string of the molecule is NCc1ccc(Cl)c(CCC2CC2)c1. The van der Waals surface area contributed by atoms with Gasteiger partial charge >= 0.3 is 0 Å². The van der Waals surface area contributed by atoms with Crippen molar-refractivity contribution in [2.24, 2.45) is 11.7 Å². The first-order valence-corrected chi connectivity index (χ1v) is 5.65. The minimum absolute atomic E-state index is 0.605. The zero-order chi connectivity index (χ0) is 9.97. The highest BCUT2D eigenvalue weighted by molar-refractivity contribution is 6.31. The van der Waals surface area contributed by atoms with Gasteiger partial charge in [-0.15, -0.1) is 0 Å². The molecule has 1 fully saturated rings. The first-order chi connectivity index (χ1) is 6.79. The third-order valence-corrected chi connectivity index (χ3v) is 3.23. The van der Waals surface area contributed by atoms with Gasteiger partial charge < -0.3 is 5.73 Å². The Bertz CT molecular complexity index is 318. The fourth-order valence-corrected chi connectivity index (χ4v) is 1.92. The standard InChI is InChI=1S/C12H16ClN/c13-12-6-4-10(8-14)7-11(12)5-3-9-1-2-9/h4,6-7,9H,1-3,5,8,14H2. The number of halogens is 1. The van der Waals surface area contributed by atoms with Gasteiger partial charge in [-0.2, -0.15) is 0 Å². The van der Waals surface area contributed by atoms with Crippen LogP contribution in [0.1, 0.15) is 30.4 Å². The Labute approximate surface area is 90.3 Å². The summed E-state index contributed by atoms with van der Waals surface area (Å²) in [4.78, 5) is 0. The number of nitrogens with two attached hydrogens (primary N) is 1. The van der Waals surface area contributed by atoms with Crippen LogP contribution in [0.5, 0.6) is 0 Å². The third-order valence-electron chi connectivity index (χ3n) is 2.86. The molecular formula is C12H16ClN. The number of aryl methyl sites for hydroxylation is 1. The van der Waals surface area contributed by atoms with Gasteiger partial charge in [-0.25, -0.2) is 0 Å². The van der Waals surface area contributed by atoms with Crippen LogP contribution in [0.4, 0.5) is 0 Å². The Kier molecular flexibility index (Phi) is 3.09. The van der Waals surface area contributed by atoms with Crippen LogP contribution in [-0.4, -0.2) is 0 Å². The number of benzene rings is 1. The lowest BCUT2D eigenvalue weighted by Crippen LogP contribution is -1.98. The average molecular weight is 210 g/mol. The van der Waals surface area contributed by atoms with E-state index in [1.54, 1.807) is 0 Å². The molecule has 14 heavy (non-hydrogen) atoms. The molecule has 0 radical (unpaired) electrons. The summed E-state index contributed by atoms with van der Waals surface area (Å²) >= 11 is 6.12. The molecule has 76 valence electrons. The molecule has 2 rings (SSSR count). The molecule has 1 nitrogen and oxygen atoms in total. The second kappa shape index (κ2) is 4.33. The molecule has 1 aliphatic carbocycles. The summed E-state index contributed by atoms with van der Waals surface area (Å²) in [5.41, 5.74) is 8.04. The smallest absolute Gasteiger partial charge is 0.0438 e. The lowest BCUT2D eigenvalue weighted by atomic mass is 10.0. The van der Waals surface area contributed by atoms with Crippen molar-refractivity contribution in [2.75, 3.05) is 0 Å². The van der Waals surface area contributed by atoms with E-state index in [-0.39, 0.29) is 0 Å². The summed E-state index contributed by atoms with van der Waals surface area (Å²) in [6, 6.07) is 6.11. The van der Waals surface area contributed by atoms with Crippen molar-refractivity contribution in [3.8, 4) is 0 Å². The van der Waals surface area contributed by atoms with Crippen molar-refractivity contribution in [1.82, 2.24) is 0 Å². The normalized spacial score (nSPS) is 15.9. The molecule has 0 aliphatic heterocycles. The van der Waals surface area contributed by atoms with E-state index in [1.807, 2.05) is 12.1 Å². The Hall–Kier alpha value is -0.530. The summed E-state index contributed by atoms with van der Waals surface area (Å²) in [5, 5.41) is 0.892. The maximum absolute atomic E-state index is 6.12. The second-order valence-electron chi connectivity index (χ2n) is 4.11. The van der Waals surface area contributed by atoms with Crippen molar-refractivity contribution in [1.29, 1.82) is 0 Å². The quantitative estimate of drug-likeness (QED) is 0.810.